The van der Waals surface area contributed by atoms with Crippen molar-refractivity contribution < 1.29 is 9.47 Å². The van der Waals surface area contributed by atoms with Crippen molar-refractivity contribution in [2.75, 3.05) is 0 Å². The van der Waals surface area contributed by atoms with Crippen LogP contribution in [0.15, 0.2) is 78.3 Å². The average molecular weight is 542 g/mol. The molecule has 0 atom stereocenters. The van der Waals surface area contributed by atoms with Crippen LogP contribution in [0.3, 0.4) is 0 Å². The summed E-state index contributed by atoms with van der Waals surface area (Å²) >= 11 is 3.70. The number of nitrogens with one attached hydrogen (secondary N) is 1. The monoisotopic (exact) mass is 541 g/mol. The molecule has 0 radical (unpaired) electrons. The van der Waals surface area contributed by atoms with Gasteiger partial charge in [0.05, 0.1) is 9.86 Å². The van der Waals surface area contributed by atoms with Gasteiger partial charge in [-0.15, -0.1) is 0 Å². The van der Waals surface area contributed by atoms with Crippen LogP contribution in [0.1, 0.15) is 34.9 Å². The number of hydrogen-bond acceptors (Lipinski definition) is 4. The predicted octanol–water partition coefficient (Wildman–Crippen LogP) is 8.88. The van der Waals surface area contributed by atoms with Crippen LogP contribution >= 0.6 is 15.9 Å². The topological polar surface area (TPSA) is 60.0 Å². The number of aromatic amines is 1. The van der Waals surface area contributed by atoms with E-state index in [1.807, 2.05) is 74.5 Å². The van der Waals surface area contributed by atoms with Crippen molar-refractivity contribution in [3.05, 3.63) is 106 Å². The zero-order chi connectivity index (χ0) is 25.7. The van der Waals surface area contributed by atoms with E-state index in [4.69, 9.17) is 9.47 Å². The van der Waals surface area contributed by atoms with Gasteiger partial charge in [0.25, 0.3) is 0 Å². The van der Waals surface area contributed by atoms with E-state index in [-0.39, 0.29) is 6.01 Å². The van der Waals surface area contributed by atoms with Gasteiger partial charge < -0.3 is 14.5 Å². The van der Waals surface area contributed by atoms with E-state index in [9.17, 15) is 0 Å². The standard InChI is InChI=1S/C30H28BrN3O2/c1-6-9-11-21-13-15-23(17-19(21)4)35-29-26-27(31)25(8-3)32-28(26)33-30(34-29)36-24-16-14-22(12-10-7-2)20(5)18-24/h6-7,9-18H,1-2,8H2,3-5H3,(H,32,33,34)/b11-9-,12-10-. The Bertz CT molecular complexity index is 1500. The first-order valence-electron chi connectivity index (χ1n) is 11.7. The van der Waals surface area contributed by atoms with E-state index in [0.717, 1.165) is 44.2 Å². The largest absolute Gasteiger partial charge is 0.438 e. The Hall–Kier alpha value is -3.90. The van der Waals surface area contributed by atoms with Gasteiger partial charge in [0, 0.05) is 5.69 Å². The summed E-state index contributed by atoms with van der Waals surface area (Å²) in [6.45, 7) is 13.6. The van der Waals surface area contributed by atoms with Crippen molar-refractivity contribution in [2.45, 2.75) is 27.2 Å². The lowest BCUT2D eigenvalue weighted by Gasteiger charge is -2.11. The molecule has 6 heteroatoms. The summed E-state index contributed by atoms with van der Waals surface area (Å²) in [5.41, 5.74) is 5.98. The number of fused-ring (bicyclic) bond motifs is 1. The first kappa shape index (κ1) is 25.2. The fourth-order valence-electron chi connectivity index (χ4n) is 3.78. The first-order valence-corrected chi connectivity index (χ1v) is 12.5. The van der Waals surface area contributed by atoms with Crippen molar-refractivity contribution in [3.63, 3.8) is 0 Å². The molecule has 5 nitrogen and oxygen atoms in total. The van der Waals surface area contributed by atoms with Crippen molar-refractivity contribution in [1.29, 1.82) is 0 Å². The van der Waals surface area contributed by atoms with E-state index >= 15 is 0 Å². The molecule has 0 bridgehead atoms. The number of aryl methyl sites for hydroxylation is 3. The Morgan fingerprint density at radius 1 is 0.889 bits per heavy atom. The Balaban J connectivity index is 1.72. The smallest absolute Gasteiger partial charge is 0.327 e. The molecule has 2 heterocycles. The van der Waals surface area contributed by atoms with Gasteiger partial charge in [0.2, 0.25) is 5.88 Å². The molecular weight excluding hydrogens is 514 g/mol. The second kappa shape index (κ2) is 11.2. The minimum absolute atomic E-state index is 0.199. The molecule has 0 saturated heterocycles. The molecule has 4 rings (SSSR count). The number of nitrogens with zero attached hydrogens (tertiary/aromatic N) is 2. The fourth-order valence-corrected chi connectivity index (χ4v) is 4.52. The molecule has 0 aliphatic carbocycles. The van der Waals surface area contributed by atoms with Gasteiger partial charge in [-0.3, -0.25) is 0 Å². The number of halogens is 1. The molecule has 2 aromatic heterocycles. The normalized spacial score (nSPS) is 11.4. The van der Waals surface area contributed by atoms with Crippen LogP contribution in [0.5, 0.6) is 23.4 Å². The maximum absolute atomic E-state index is 6.29. The summed E-state index contributed by atoms with van der Waals surface area (Å²) in [5, 5.41) is 0.772. The van der Waals surface area contributed by atoms with Gasteiger partial charge >= 0.3 is 6.01 Å². The fraction of sp³-hybridized carbons (Fsp3) is 0.133. The van der Waals surface area contributed by atoms with Gasteiger partial charge in [0.15, 0.2) is 0 Å². The second-order valence-electron chi connectivity index (χ2n) is 8.24. The van der Waals surface area contributed by atoms with Crippen LogP contribution in [-0.2, 0) is 6.42 Å². The van der Waals surface area contributed by atoms with Gasteiger partial charge in [-0.2, -0.15) is 9.97 Å². The van der Waals surface area contributed by atoms with Crippen LogP contribution in [0.2, 0.25) is 0 Å². The SMILES string of the molecule is C=C/C=C\c1ccc(Oc2nc(Oc3ccc(/C=C\C=C)c(C)c3)c3c(Br)c(CC)[nH]c3n2)cc1C. The van der Waals surface area contributed by atoms with E-state index in [2.05, 4.69) is 51.0 Å². The molecule has 0 fully saturated rings. The minimum Gasteiger partial charge on any atom is -0.438 e. The van der Waals surface area contributed by atoms with Crippen molar-refractivity contribution in [3.8, 4) is 23.4 Å². The lowest BCUT2D eigenvalue weighted by Crippen LogP contribution is -1.97. The second-order valence-corrected chi connectivity index (χ2v) is 9.03. The summed E-state index contributed by atoms with van der Waals surface area (Å²) in [5.74, 6) is 1.73. The molecule has 0 aliphatic heterocycles. The average Bonchev–Trinajstić information content (AvgIpc) is 3.18. The van der Waals surface area contributed by atoms with Gasteiger partial charge in [-0.25, -0.2) is 0 Å². The maximum atomic E-state index is 6.29. The third-order valence-corrected chi connectivity index (χ3v) is 6.57. The molecule has 182 valence electrons. The molecule has 0 saturated carbocycles. The Labute approximate surface area is 220 Å². The first-order chi connectivity index (χ1) is 17.4. The highest BCUT2D eigenvalue weighted by Gasteiger charge is 2.19. The van der Waals surface area contributed by atoms with E-state index in [1.165, 1.54) is 0 Å². The van der Waals surface area contributed by atoms with Crippen molar-refractivity contribution >= 4 is 39.1 Å². The summed E-state index contributed by atoms with van der Waals surface area (Å²) in [6.07, 6.45) is 12.1. The number of H-pyrrole nitrogens is 1. The zero-order valence-corrected chi connectivity index (χ0v) is 22.2. The number of allylic oxidation sites excluding steroid dienone is 4. The highest BCUT2D eigenvalue weighted by molar-refractivity contribution is 9.10. The van der Waals surface area contributed by atoms with Gasteiger partial charge in [0.1, 0.15) is 17.1 Å². The molecule has 36 heavy (non-hydrogen) atoms. The molecule has 0 aliphatic rings. The number of ether oxygens (including phenoxy) is 2. The van der Waals surface area contributed by atoms with Crippen molar-refractivity contribution in [1.82, 2.24) is 15.0 Å². The third-order valence-electron chi connectivity index (χ3n) is 5.69. The molecule has 0 unspecified atom stereocenters. The summed E-state index contributed by atoms with van der Waals surface area (Å²) in [4.78, 5) is 12.6. The quantitative estimate of drug-likeness (QED) is 0.215. The van der Waals surface area contributed by atoms with Crippen LogP contribution < -0.4 is 9.47 Å². The number of hydrogen-bond donors (Lipinski definition) is 1. The van der Waals surface area contributed by atoms with E-state index < -0.39 is 0 Å². The molecule has 1 N–H and O–H groups in total. The van der Waals surface area contributed by atoms with Crippen LogP contribution in [0.4, 0.5) is 0 Å². The molecule has 4 aromatic rings. The Morgan fingerprint density at radius 3 is 2.00 bits per heavy atom. The number of benzene rings is 2. The highest BCUT2D eigenvalue weighted by atomic mass is 79.9. The van der Waals surface area contributed by atoms with E-state index in [0.29, 0.717) is 23.0 Å². The Morgan fingerprint density at radius 2 is 1.47 bits per heavy atom. The van der Waals surface area contributed by atoms with Gasteiger partial charge in [-0.1, -0.05) is 68.7 Å². The van der Waals surface area contributed by atoms with Crippen LogP contribution in [0.25, 0.3) is 23.2 Å². The molecule has 0 amide bonds. The molecule has 0 spiro atoms. The minimum atomic E-state index is 0.199. The molecular formula is C30H28BrN3O2. The van der Waals surface area contributed by atoms with E-state index in [1.54, 1.807) is 12.2 Å². The summed E-state index contributed by atoms with van der Waals surface area (Å²) in [6, 6.07) is 12.0. The zero-order valence-electron chi connectivity index (χ0n) is 20.6. The molecule has 2 aromatic carbocycles. The lowest BCUT2D eigenvalue weighted by molar-refractivity contribution is 0.416. The van der Waals surface area contributed by atoms with Crippen molar-refractivity contribution in [2.24, 2.45) is 0 Å². The maximum Gasteiger partial charge on any atom is 0.327 e. The Kier molecular flexibility index (Phi) is 7.86. The predicted molar refractivity (Wildman–Crippen MR) is 152 cm³/mol. The summed E-state index contributed by atoms with van der Waals surface area (Å²) in [7, 11) is 0. The third kappa shape index (κ3) is 5.50. The highest BCUT2D eigenvalue weighted by Crippen LogP contribution is 2.38. The number of aromatic nitrogens is 3. The van der Waals surface area contributed by atoms with Crippen LogP contribution in [0, 0.1) is 13.8 Å². The summed E-state index contributed by atoms with van der Waals surface area (Å²) < 4.78 is 13.3. The number of rotatable bonds is 9. The van der Waals surface area contributed by atoms with Gasteiger partial charge in [-0.05, 0) is 82.7 Å². The lowest BCUT2D eigenvalue weighted by atomic mass is 10.1. The van der Waals surface area contributed by atoms with Crippen LogP contribution in [-0.4, -0.2) is 15.0 Å².